The molecule has 5 aliphatic carbocycles. The summed E-state index contributed by atoms with van der Waals surface area (Å²) in [5.74, 6) is 0.238. The molecule has 0 aromatic heterocycles. The van der Waals surface area contributed by atoms with Gasteiger partial charge >= 0.3 is 12.2 Å². The molecular weight excluding hydrogens is 380 g/mol. The molecule has 0 radical (unpaired) electrons. The molecule has 2 amide bonds. The van der Waals surface area contributed by atoms with Crippen molar-refractivity contribution in [1.29, 1.82) is 0 Å². The zero-order valence-corrected chi connectivity index (χ0v) is 17.2. The SMILES string of the molecule is CCOC(=O)Nc1ccc(NC(=O)OCC)c2c1[C@H]1C=C[C@@H]2[C@@]23C=C[C@@]12CC=CC3. The Morgan fingerprint density at radius 2 is 1.30 bits per heavy atom. The third kappa shape index (κ3) is 2.36. The lowest BCUT2D eigenvalue weighted by Crippen LogP contribution is -2.58. The number of ether oxygens (including phenoxy) is 2. The fraction of sp³-hybridized carbons (Fsp3) is 0.417. The van der Waals surface area contributed by atoms with Gasteiger partial charge in [-0.05, 0) is 49.9 Å². The van der Waals surface area contributed by atoms with Crippen LogP contribution < -0.4 is 10.6 Å². The predicted molar refractivity (Wildman–Crippen MR) is 115 cm³/mol. The molecule has 0 aliphatic heterocycles. The van der Waals surface area contributed by atoms with Crippen LogP contribution >= 0.6 is 0 Å². The zero-order valence-electron chi connectivity index (χ0n) is 17.2. The van der Waals surface area contributed by atoms with Gasteiger partial charge in [0.15, 0.2) is 0 Å². The van der Waals surface area contributed by atoms with Gasteiger partial charge in [-0.1, -0.05) is 36.5 Å². The van der Waals surface area contributed by atoms with Gasteiger partial charge in [-0.15, -0.1) is 0 Å². The molecule has 30 heavy (non-hydrogen) atoms. The Kier molecular flexibility index (Phi) is 4.27. The number of carbonyl (C=O) groups is 2. The summed E-state index contributed by atoms with van der Waals surface area (Å²) in [7, 11) is 0. The van der Waals surface area contributed by atoms with Crippen molar-refractivity contribution in [2.24, 2.45) is 10.8 Å². The van der Waals surface area contributed by atoms with Gasteiger partial charge in [0.2, 0.25) is 0 Å². The second kappa shape index (κ2) is 6.76. The van der Waals surface area contributed by atoms with Gasteiger partial charge in [0.25, 0.3) is 0 Å². The summed E-state index contributed by atoms with van der Waals surface area (Å²) >= 11 is 0. The summed E-state index contributed by atoms with van der Waals surface area (Å²) < 4.78 is 10.3. The molecule has 0 fully saturated rings. The van der Waals surface area contributed by atoms with Crippen LogP contribution in [0.15, 0.2) is 48.6 Å². The highest BCUT2D eigenvalue weighted by Gasteiger charge is 2.66. The van der Waals surface area contributed by atoms with E-state index in [4.69, 9.17) is 9.47 Å². The van der Waals surface area contributed by atoms with Gasteiger partial charge < -0.3 is 9.47 Å². The molecular formula is C24H26N2O4. The fourth-order valence-electron chi connectivity index (χ4n) is 5.98. The van der Waals surface area contributed by atoms with Crippen LogP contribution in [0, 0.1) is 10.8 Å². The maximum Gasteiger partial charge on any atom is 0.411 e. The van der Waals surface area contributed by atoms with Crippen LogP contribution in [0.1, 0.15) is 49.7 Å². The van der Waals surface area contributed by atoms with Gasteiger partial charge in [-0.2, -0.15) is 0 Å². The minimum absolute atomic E-state index is 0.0157. The largest absolute Gasteiger partial charge is 0.450 e. The number of carbonyl (C=O) groups excluding carboxylic acids is 2. The normalized spacial score (nSPS) is 31.1. The molecule has 156 valence electrons. The molecule has 2 bridgehead atoms. The second-order valence-corrected chi connectivity index (χ2v) is 8.31. The van der Waals surface area contributed by atoms with Gasteiger partial charge in [0, 0.05) is 34.0 Å². The molecule has 6 nitrogen and oxygen atoms in total. The minimum Gasteiger partial charge on any atom is -0.450 e. The maximum absolute atomic E-state index is 12.2. The first kappa shape index (κ1) is 19.0. The van der Waals surface area contributed by atoms with E-state index in [1.54, 1.807) is 13.8 Å². The quantitative estimate of drug-likeness (QED) is 0.651. The molecule has 5 aliphatic rings. The summed E-state index contributed by atoms with van der Waals surface area (Å²) in [4.78, 5) is 24.5. The third-order valence-corrected chi connectivity index (χ3v) is 7.16. The average Bonchev–Trinajstić information content (AvgIpc) is 2.71. The Morgan fingerprint density at radius 3 is 1.67 bits per heavy atom. The predicted octanol–water partition coefficient (Wildman–Crippen LogP) is 5.47. The highest BCUT2D eigenvalue weighted by atomic mass is 16.6. The maximum atomic E-state index is 12.2. The first-order valence-electron chi connectivity index (χ1n) is 10.6. The Balaban J connectivity index is 1.65. The van der Waals surface area contributed by atoms with Crippen LogP contribution in [0.5, 0.6) is 0 Å². The summed E-state index contributed by atoms with van der Waals surface area (Å²) in [5.41, 5.74) is 3.66. The molecule has 0 spiro atoms. The van der Waals surface area contributed by atoms with Gasteiger partial charge in [0.05, 0.1) is 13.2 Å². The Bertz CT molecular complexity index is 934. The molecule has 1 aromatic rings. The smallest absolute Gasteiger partial charge is 0.411 e. The van der Waals surface area contributed by atoms with E-state index in [2.05, 4.69) is 47.1 Å². The van der Waals surface area contributed by atoms with Gasteiger partial charge in [-0.3, -0.25) is 10.6 Å². The number of rotatable bonds is 4. The van der Waals surface area contributed by atoms with Gasteiger partial charge in [0.1, 0.15) is 0 Å². The summed E-state index contributed by atoms with van der Waals surface area (Å²) in [6.45, 7) is 4.19. The van der Waals surface area contributed by atoms with Crippen molar-refractivity contribution in [2.75, 3.05) is 23.8 Å². The molecule has 1 aromatic carbocycles. The third-order valence-electron chi connectivity index (χ3n) is 7.16. The number of hydrogen-bond acceptors (Lipinski definition) is 4. The number of hydrogen-bond donors (Lipinski definition) is 2. The lowest BCUT2D eigenvalue weighted by Gasteiger charge is -2.67. The molecule has 0 saturated carbocycles. The Labute approximate surface area is 176 Å². The Morgan fingerprint density at radius 1 is 0.867 bits per heavy atom. The molecule has 0 heterocycles. The number of anilines is 2. The number of benzene rings is 1. The van der Waals surface area contributed by atoms with Crippen LogP contribution in [0.4, 0.5) is 21.0 Å². The fourth-order valence-corrected chi connectivity index (χ4v) is 5.98. The van der Waals surface area contributed by atoms with E-state index in [9.17, 15) is 9.59 Å². The standard InChI is InChI=1S/C24H26N2O4/c1-3-29-21(27)25-17-9-10-18(26-22(28)30-4-2)20-16-8-7-15(19(17)20)23-11-5-6-12-24(16,23)14-13-23/h5-10,13-16H,3-4,11-12H2,1-2H3,(H,25,27)(H,26,28)/t15-,16+,23+,24-. The lowest BCUT2D eigenvalue weighted by molar-refractivity contribution is 0.0369. The second-order valence-electron chi connectivity index (χ2n) is 8.31. The van der Waals surface area contributed by atoms with E-state index in [0.717, 1.165) is 35.3 Å². The van der Waals surface area contributed by atoms with Crippen molar-refractivity contribution in [3.8, 4) is 0 Å². The van der Waals surface area contributed by atoms with Crippen LogP contribution in [0.3, 0.4) is 0 Å². The molecule has 4 atom stereocenters. The number of amides is 2. The van der Waals surface area contributed by atoms with E-state index in [-0.39, 0.29) is 22.7 Å². The first-order chi connectivity index (χ1) is 14.6. The topological polar surface area (TPSA) is 76.7 Å². The highest BCUT2D eigenvalue weighted by Crippen LogP contribution is 2.76. The van der Waals surface area contributed by atoms with Crippen molar-refractivity contribution < 1.29 is 19.1 Å². The van der Waals surface area contributed by atoms with E-state index in [0.29, 0.717) is 13.2 Å². The minimum atomic E-state index is -0.465. The van der Waals surface area contributed by atoms with Crippen molar-refractivity contribution >= 4 is 23.6 Å². The van der Waals surface area contributed by atoms with Gasteiger partial charge in [-0.25, -0.2) is 9.59 Å². The summed E-state index contributed by atoms with van der Waals surface area (Å²) in [6, 6.07) is 3.70. The number of nitrogens with one attached hydrogen (secondary N) is 2. The first-order valence-corrected chi connectivity index (χ1v) is 10.6. The van der Waals surface area contributed by atoms with Crippen LogP contribution in [0.25, 0.3) is 0 Å². The average molecular weight is 406 g/mol. The van der Waals surface area contributed by atoms with Crippen LogP contribution in [-0.2, 0) is 9.47 Å². The van der Waals surface area contributed by atoms with E-state index < -0.39 is 12.2 Å². The van der Waals surface area contributed by atoms with Crippen LogP contribution in [-0.4, -0.2) is 25.4 Å². The van der Waals surface area contributed by atoms with Crippen molar-refractivity contribution in [1.82, 2.24) is 0 Å². The van der Waals surface area contributed by atoms with E-state index >= 15 is 0 Å². The molecule has 6 heteroatoms. The summed E-state index contributed by atoms with van der Waals surface area (Å²) in [5, 5.41) is 5.86. The molecule has 6 rings (SSSR count). The van der Waals surface area contributed by atoms with E-state index in [1.807, 2.05) is 12.1 Å². The molecule has 0 unspecified atom stereocenters. The van der Waals surface area contributed by atoms with Crippen LogP contribution in [0.2, 0.25) is 0 Å². The molecule has 2 N–H and O–H groups in total. The van der Waals surface area contributed by atoms with Crippen molar-refractivity contribution in [2.45, 2.75) is 38.5 Å². The zero-order chi connectivity index (χ0) is 20.9. The monoisotopic (exact) mass is 406 g/mol. The van der Waals surface area contributed by atoms with Crippen molar-refractivity contribution in [3.63, 3.8) is 0 Å². The highest BCUT2D eigenvalue weighted by molar-refractivity contribution is 5.92. The Hall–Kier alpha value is -3.02. The lowest BCUT2D eigenvalue weighted by atomic mass is 9.36. The van der Waals surface area contributed by atoms with Crippen molar-refractivity contribution in [3.05, 3.63) is 59.7 Å². The number of allylic oxidation sites excluding steroid dienone is 6. The van der Waals surface area contributed by atoms with E-state index in [1.165, 1.54) is 0 Å². The summed E-state index contributed by atoms with van der Waals surface area (Å²) in [6.07, 6.45) is 14.8. The molecule has 0 saturated heterocycles.